The number of carbonyl (C=O) groups excluding carboxylic acids is 1. The Bertz CT molecular complexity index is 876. The summed E-state index contributed by atoms with van der Waals surface area (Å²) in [5, 5.41) is 12.5. The molecule has 0 amide bonds. The van der Waals surface area contributed by atoms with Crippen LogP contribution in [-0.4, -0.2) is 41.9 Å². The molecule has 1 aliphatic heterocycles. The highest BCUT2D eigenvalue weighted by molar-refractivity contribution is 7.18. The molecule has 3 rings (SSSR count). The minimum absolute atomic E-state index is 0.0805. The molecule has 2 aromatic rings. The van der Waals surface area contributed by atoms with Gasteiger partial charge in [0.05, 0.1) is 14.9 Å². The summed E-state index contributed by atoms with van der Waals surface area (Å²) in [6.45, 7) is 2.96. The Kier molecular flexibility index (Phi) is 6.86. The second kappa shape index (κ2) is 9.34. The smallest absolute Gasteiger partial charge is 0.172 e. The van der Waals surface area contributed by atoms with E-state index < -0.39 is 0 Å². The summed E-state index contributed by atoms with van der Waals surface area (Å²) in [6, 6.07) is 11.4. The summed E-state index contributed by atoms with van der Waals surface area (Å²) in [5.41, 5.74) is 2.76. The predicted molar refractivity (Wildman–Crippen MR) is 115 cm³/mol. The van der Waals surface area contributed by atoms with Gasteiger partial charge in [-0.3, -0.25) is 10.2 Å². The van der Waals surface area contributed by atoms with Gasteiger partial charge in [-0.2, -0.15) is 0 Å². The number of thiophene rings is 1. The van der Waals surface area contributed by atoms with E-state index in [0.29, 0.717) is 34.3 Å². The summed E-state index contributed by atoms with van der Waals surface area (Å²) in [4.78, 5) is 20.4. The number of oxime groups is 1. The van der Waals surface area contributed by atoms with Crippen LogP contribution in [0.3, 0.4) is 0 Å². The first-order valence-electron chi connectivity index (χ1n) is 9.39. The number of hydrogen-bond donors (Lipinski definition) is 1. The number of Topliss-reactive ketones (excluding diaryl/α,β-unsaturated/α-hetero) is 1. The van der Waals surface area contributed by atoms with Gasteiger partial charge in [-0.1, -0.05) is 47.9 Å². The van der Waals surface area contributed by atoms with Gasteiger partial charge < -0.3 is 9.74 Å². The fourth-order valence-corrected chi connectivity index (χ4v) is 4.13. The molecule has 0 saturated carbocycles. The zero-order valence-electron chi connectivity index (χ0n) is 16.1. The quantitative estimate of drug-likeness (QED) is 0.363. The molecule has 0 fully saturated rings. The van der Waals surface area contributed by atoms with Crippen LogP contribution < -0.4 is 0 Å². The fourth-order valence-electron chi connectivity index (χ4n) is 3.12. The molecule has 1 atom stereocenters. The number of hydrogen-bond acceptors (Lipinski definition) is 5. The van der Waals surface area contributed by atoms with Gasteiger partial charge in [0.25, 0.3) is 0 Å². The van der Waals surface area contributed by atoms with E-state index in [1.54, 1.807) is 12.1 Å². The molecule has 148 valence electrons. The van der Waals surface area contributed by atoms with Crippen LogP contribution in [0, 0.1) is 5.41 Å². The summed E-state index contributed by atoms with van der Waals surface area (Å²) >= 11 is 7.20. The maximum absolute atomic E-state index is 12.2. The van der Waals surface area contributed by atoms with Crippen LogP contribution in [0.4, 0.5) is 0 Å². The summed E-state index contributed by atoms with van der Waals surface area (Å²) in [5.74, 6) is 0.607. The molecule has 1 unspecified atom stereocenters. The number of ketones is 1. The molecule has 1 aliphatic rings. The molecule has 2 heterocycles. The SMILES string of the molecule is CCCN(C)C(=N)c1ccc(C2=NOC(CCC(=O)c3ccc(Cl)s3)C2)cc1. The molecule has 0 saturated heterocycles. The zero-order valence-corrected chi connectivity index (χ0v) is 17.6. The van der Waals surface area contributed by atoms with Crippen molar-refractivity contribution in [2.24, 2.45) is 5.16 Å². The van der Waals surface area contributed by atoms with Crippen molar-refractivity contribution in [3.63, 3.8) is 0 Å². The summed E-state index contributed by atoms with van der Waals surface area (Å²) in [6.07, 6.45) is 2.67. The van der Waals surface area contributed by atoms with Gasteiger partial charge in [-0.15, -0.1) is 11.3 Å². The van der Waals surface area contributed by atoms with E-state index in [-0.39, 0.29) is 11.9 Å². The van der Waals surface area contributed by atoms with Crippen molar-refractivity contribution in [2.75, 3.05) is 13.6 Å². The predicted octanol–water partition coefficient (Wildman–Crippen LogP) is 5.22. The number of amidine groups is 1. The largest absolute Gasteiger partial charge is 0.392 e. The molecule has 0 spiro atoms. The lowest BCUT2D eigenvalue weighted by Gasteiger charge is -2.19. The van der Waals surface area contributed by atoms with E-state index in [9.17, 15) is 4.79 Å². The lowest BCUT2D eigenvalue weighted by Crippen LogP contribution is -2.27. The molecule has 1 aromatic carbocycles. The zero-order chi connectivity index (χ0) is 20.1. The van der Waals surface area contributed by atoms with Crippen LogP contribution in [0.25, 0.3) is 0 Å². The number of nitrogens with zero attached hydrogens (tertiary/aromatic N) is 2. The third kappa shape index (κ3) is 5.00. The molecular weight excluding hydrogens is 394 g/mol. The highest BCUT2D eigenvalue weighted by atomic mass is 35.5. The minimum atomic E-state index is -0.0805. The Morgan fingerprint density at radius 1 is 1.32 bits per heavy atom. The third-order valence-electron chi connectivity index (χ3n) is 4.71. The van der Waals surface area contributed by atoms with Gasteiger partial charge >= 0.3 is 0 Å². The fraction of sp³-hybridized carbons (Fsp3) is 0.381. The van der Waals surface area contributed by atoms with E-state index in [1.165, 1.54) is 11.3 Å². The number of halogens is 1. The number of nitrogens with one attached hydrogen (secondary N) is 1. The Labute approximate surface area is 174 Å². The Hall–Kier alpha value is -2.18. The highest BCUT2D eigenvalue weighted by Gasteiger charge is 2.23. The molecule has 1 aromatic heterocycles. The number of carbonyl (C=O) groups is 1. The third-order valence-corrected chi connectivity index (χ3v) is 5.98. The lowest BCUT2D eigenvalue weighted by atomic mass is 10.00. The van der Waals surface area contributed by atoms with Gasteiger partial charge in [0.1, 0.15) is 11.9 Å². The average Bonchev–Trinajstić information content (AvgIpc) is 3.35. The average molecular weight is 418 g/mol. The number of rotatable bonds is 8. The van der Waals surface area contributed by atoms with Crippen LogP contribution in [0.1, 0.15) is 53.4 Å². The maximum atomic E-state index is 12.2. The second-order valence-electron chi connectivity index (χ2n) is 6.88. The first-order chi connectivity index (χ1) is 13.5. The molecule has 0 bridgehead atoms. The van der Waals surface area contributed by atoms with Crippen molar-refractivity contribution in [2.45, 2.75) is 38.7 Å². The van der Waals surface area contributed by atoms with Crippen molar-refractivity contribution in [1.29, 1.82) is 5.41 Å². The van der Waals surface area contributed by atoms with Gasteiger partial charge in [0.15, 0.2) is 5.78 Å². The summed E-state index contributed by atoms with van der Waals surface area (Å²) in [7, 11) is 1.94. The van der Waals surface area contributed by atoms with Crippen LogP contribution in [0.15, 0.2) is 41.6 Å². The molecule has 28 heavy (non-hydrogen) atoms. The van der Waals surface area contributed by atoms with Crippen molar-refractivity contribution >= 4 is 40.3 Å². The van der Waals surface area contributed by atoms with Crippen molar-refractivity contribution in [3.05, 3.63) is 56.7 Å². The van der Waals surface area contributed by atoms with E-state index in [4.69, 9.17) is 21.8 Å². The van der Waals surface area contributed by atoms with Crippen molar-refractivity contribution in [1.82, 2.24) is 4.90 Å². The Morgan fingerprint density at radius 2 is 2.07 bits per heavy atom. The topological polar surface area (TPSA) is 65.8 Å². The van der Waals surface area contributed by atoms with E-state index in [1.807, 2.05) is 36.2 Å². The monoisotopic (exact) mass is 417 g/mol. The van der Waals surface area contributed by atoms with Crippen LogP contribution in [0.2, 0.25) is 4.34 Å². The van der Waals surface area contributed by atoms with E-state index in [0.717, 1.165) is 29.8 Å². The molecule has 0 aliphatic carbocycles. The van der Waals surface area contributed by atoms with Gasteiger partial charge in [0, 0.05) is 32.0 Å². The molecule has 5 nitrogen and oxygen atoms in total. The molecule has 1 N–H and O–H groups in total. The van der Waals surface area contributed by atoms with Gasteiger partial charge in [0.2, 0.25) is 0 Å². The van der Waals surface area contributed by atoms with Crippen molar-refractivity contribution in [3.8, 4) is 0 Å². The van der Waals surface area contributed by atoms with Crippen LogP contribution in [0.5, 0.6) is 0 Å². The van der Waals surface area contributed by atoms with Gasteiger partial charge in [-0.05, 0) is 30.5 Å². The highest BCUT2D eigenvalue weighted by Crippen LogP contribution is 2.25. The Balaban J connectivity index is 1.52. The lowest BCUT2D eigenvalue weighted by molar-refractivity contribution is 0.0720. The molecule has 7 heteroatoms. The summed E-state index contributed by atoms with van der Waals surface area (Å²) < 4.78 is 0.628. The van der Waals surface area contributed by atoms with E-state index >= 15 is 0 Å². The first kappa shape index (κ1) is 20.6. The first-order valence-corrected chi connectivity index (χ1v) is 10.6. The van der Waals surface area contributed by atoms with Crippen LogP contribution >= 0.6 is 22.9 Å². The maximum Gasteiger partial charge on any atom is 0.172 e. The van der Waals surface area contributed by atoms with Crippen LogP contribution in [-0.2, 0) is 4.84 Å². The van der Waals surface area contributed by atoms with E-state index in [2.05, 4.69) is 12.1 Å². The molecule has 0 radical (unpaired) electrons. The molecular formula is C21H24ClN3O2S. The van der Waals surface area contributed by atoms with Crippen molar-refractivity contribution < 1.29 is 9.63 Å². The normalized spacial score (nSPS) is 15.8. The standard InChI is InChI=1S/C21H24ClN3O2S/c1-3-12-25(2)21(23)15-6-4-14(5-7-15)17-13-16(27-24-17)8-9-18(26)19-10-11-20(22)28-19/h4-7,10-11,16,23H,3,8-9,12-13H2,1-2H3. The van der Waals surface area contributed by atoms with Gasteiger partial charge in [-0.25, -0.2) is 0 Å². The second-order valence-corrected chi connectivity index (χ2v) is 8.60. The number of benzene rings is 1. The Morgan fingerprint density at radius 3 is 2.71 bits per heavy atom. The minimum Gasteiger partial charge on any atom is -0.392 e.